The number of carboxylic acids is 1. The SMILES string of the molecule is O=C1CCC(N2C(=O)c3ccc(OCCCCn4cc5c(n4)CN(c4ccc(C(=O)O)cn4)C5)cc3C2=O)C(=O)N1. The number of hydrogen-bond acceptors (Lipinski definition) is 9. The summed E-state index contributed by atoms with van der Waals surface area (Å²) in [6.45, 7) is 2.37. The zero-order valence-corrected chi connectivity index (χ0v) is 21.9. The van der Waals surface area contributed by atoms with Crippen LogP contribution in [0.4, 0.5) is 5.82 Å². The minimum atomic E-state index is -1.01. The first-order chi connectivity index (χ1) is 19.8. The molecule has 1 unspecified atom stereocenters. The van der Waals surface area contributed by atoms with E-state index >= 15 is 0 Å². The van der Waals surface area contributed by atoms with Gasteiger partial charge in [-0.25, -0.2) is 9.78 Å². The first kappa shape index (κ1) is 26.2. The third-order valence-corrected chi connectivity index (χ3v) is 7.41. The number of imide groups is 2. The van der Waals surface area contributed by atoms with Crippen LogP contribution in [0, 0.1) is 0 Å². The summed E-state index contributed by atoms with van der Waals surface area (Å²) >= 11 is 0. The number of amides is 4. The van der Waals surface area contributed by atoms with Crippen LogP contribution < -0.4 is 15.0 Å². The van der Waals surface area contributed by atoms with Gasteiger partial charge in [0.1, 0.15) is 17.6 Å². The Labute approximate surface area is 233 Å². The Hall–Kier alpha value is -5.07. The van der Waals surface area contributed by atoms with Crippen molar-refractivity contribution in [2.24, 2.45) is 0 Å². The lowest BCUT2D eigenvalue weighted by Gasteiger charge is -2.27. The molecule has 210 valence electrons. The number of unbranched alkanes of at least 4 members (excludes halogenated alkanes) is 1. The summed E-state index contributed by atoms with van der Waals surface area (Å²) in [5.74, 6) is -2.02. The molecule has 0 spiro atoms. The Morgan fingerprint density at radius 1 is 1.05 bits per heavy atom. The molecule has 3 aliphatic heterocycles. The number of nitrogens with zero attached hydrogens (tertiary/aromatic N) is 5. The van der Waals surface area contributed by atoms with Gasteiger partial charge in [-0.1, -0.05) is 0 Å². The first-order valence-corrected chi connectivity index (χ1v) is 13.3. The number of aryl methyl sites for hydroxylation is 1. The molecule has 41 heavy (non-hydrogen) atoms. The van der Waals surface area contributed by atoms with E-state index in [1.807, 2.05) is 15.8 Å². The Morgan fingerprint density at radius 3 is 2.61 bits per heavy atom. The number of pyridine rings is 1. The number of piperidine rings is 1. The van der Waals surface area contributed by atoms with Gasteiger partial charge in [-0.2, -0.15) is 5.10 Å². The average Bonchev–Trinajstić information content (AvgIpc) is 3.59. The van der Waals surface area contributed by atoms with Gasteiger partial charge in [0.15, 0.2) is 0 Å². The topological polar surface area (TPSA) is 164 Å². The molecule has 1 saturated heterocycles. The fraction of sp³-hybridized carbons (Fsp3) is 0.321. The number of carboxylic acid groups (broad SMARTS) is 1. The fourth-order valence-electron chi connectivity index (χ4n) is 5.29. The number of carbonyl (C=O) groups excluding carboxylic acids is 4. The zero-order valence-electron chi connectivity index (χ0n) is 21.9. The minimum absolute atomic E-state index is 0.0693. The smallest absolute Gasteiger partial charge is 0.337 e. The third-order valence-electron chi connectivity index (χ3n) is 7.41. The summed E-state index contributed by atoms with van der Waals surface area (Å²) in [5.41, 5.74) is 2.62. The number of rotatable bonds is 9. The molecule has 3 aliphatic rings. The van der Waals surface area contributed by atoms with Crippen molar-refractivity contribution in [3.63, 3.8) is 0 Å². The van der Waals surface area contributed by atoms with Crippen LogP contribution in [0.15, 0.2) is 42.7 Å². The monoisotopic (exact) mass is 558 g/mol. The molecule has 5 heterocycles. The van der Waals surface area contributed by atoms with Crippen LogP contribution in [-0.4, -0.2) is 67.0 Å². The van der Waals surface area contributed by atoms with Crippen LogP contribution >= 0.6 is 0 Å². The second kappa shape index (κ2) is 10.5. The summed E-state index contributed by atoms with van der Waals surface area (Å²) in [7, 11) is 0. The molecule has 13 nitrogen and oxygen atoms in total. The van der Waals surface area contributed by atoms with Crippen molar-refractivity contribution < 1.29 is 33.8 Å². The molecule has 1 fully saturated rings. The van der Waals surface area contributed by atoms with E-state index in [0.29, 0.717) is 37.8 Å². The summed E-state index contributed by atoms with van der Waals surface area (Å²) in [6, 6.07) is 6.92. The van der Waals surface area contributed by atoms with E-state index in [9.17, 15) is 24.0 Å². The molecule has 4 amide bonds. The minimum Gasteiger partial charge on any atom is -0.494 e. The number of ether oxygens (including phenoxy) is 1. The zero-order chi connectivity index (χ0) is 28.7. The Bertz CT molecular complexity index is 1560. The maximum atomic E-state index is 13.0. The first-order valence-electron chi connectivity index (χ1n) is 13.3. The molecule has 1 aromatic carbocycles. The molecule has 0 aliphatic carbocycles. The second-order valence-electron chi connectivity index (χ2n) is 10.1. The number of carbonyl (C=O) groups is 5. The molecule has 2 aromatic heterocycles. The van der Waals surface area contributed by atoms with Crippen LogP contribution in [-0.2, 0) is 29.2 Å². The lowest BCUT2D eigenvalue weighted by Crippen LogP contribution is -2.54. The third kappa shape index (κ3) is 5.01. The van der Waals surface area contributed by atoms with Gasteiger partial charge in [0.2, 0.25) is 11.8 Å². The van der Waals surface area contributed by atoms with Gasteiger partial charge in [-0.05, 0) is 49.6 Å². The molecule has 0 radical (unpaired) electrons. The molecular weight excluding hydrogens is 532 g/mol. The predicted octanol–water partition coefficient (Wildman–Crippen LogP) is 1.76. The van der Waals surface area contributed by atoms with E-state index < -0.39 is 35.6 Å². The van der Waals surface area contributed by atoms with Crippen molar-refractivity contribution in [3.8, 4) is 5.75 Å². The van der Waals surface area contributed by atoms with E-state index in [1.54, 1.807) is 18.2 Å². The van der Waals surface area contributed by atoms with Crippen molar-refractivity contribution in [3.05, 3.63) is 70.7 Å². The Balaban J connectivity index is 0.975. The largest absolute Gasteiger partial charge is 0.494 e. The number of aromatic carboxylic acids is 1. The summed E-state index contributed by atoms with van der Waals surface area (Å²) in [4.78, 5) is 67.7. The van der Waals surface area contributed by atoms with Crippen LogP contribution in [0.3, 0.4) is 0 Å². The highest BCUT2D eigenvalue weighted by atomic mass is 16.5. The van der Waals surface area contributed by atoms with Gasteiger partial charge in [0.25, 0.3) is 11.8 Å². The van der Waals surface area contributed by atoms with Gasteiger partial charge in [0.05, 0.1) is 35.5 Å². The maximum absolute atomic E-state index is 13.0. The number of nitrogens with one attached hydrogen (secondary N) is 1. The average molecular weight is 559 g/mol. The van der Waals surface area contributed by atoms with Crippen molar-refractivity contribution in [2.75, 3.05) is 11.5 Å². The van der Waals surface area contributed by atoms with Gasteiger partial charge in [0, 0.05) is 37.5 Å². The predicted molar refractivity (Wildman–Crippen MR) is 141 cm³/mol. The highest BCUT2D eigenvalue weighted by Gasteiger charge is 2.44. The molecule has 0 bridgehead atoms. The van der Waals surface area contributed by atoms with E-state index in [-0.39, 0.29) is 29.5 Å². The molecule has 13 heteroatoms. The van der Waals surface area contributed by atoms with Crippen molar-refractivity contribution in [1.29, 1.82) is 0 Å². The van der Waals surface area contributed by atoms with Crippen molar-refractivity contribution >= 4 is 35.4 Å². The standard InChI is InChI=1S/C28H26N6O7/c35-24-8-6-22(25(36)30-24)34-26(37)19-5-4-18(11-20(19)27(34)38)41-10-2-1-9-33-14-17-13-32(15-21(17)31-33)23-7-3-16(12-29-23)28(39)40/h3-5,7,11-12,14,22H,1-2,6,8-10,13,15H2,(H,39,40)(H,30,35,36). The van der Waals surface area contributed by atoms with Crippen LogP contribution in [0.1, 0.15) is 68.0 Å². The molecule has 6 rings (SSSR count). The van der Waals surface area contributed by atoms with Gasteiger partial charge < -0.3 is 14.7 Å². The number of fused-ring (bicyclic) bond motifs is 2. The van der Waals surface area contributed by atoms with Crippen LogP contribution in [0.25, 0.3) is 0 Å². The van der Waals surface area contributed by atoms with Gasteiger partial charge in [-0.15, -0.1) is 0 Å². The molecular formula is C28H26N6O7. The van der Waals surface area contributed by atoms with Crippen LogP contribution in [0.5, 0.6) is 5.75 Å². The number of aromatic nitrogens is 3. The molecule has 3 aromatic rings. The van der Waals surface area contributed by atoms with Gasteiger partial charge >= 0.3 is 5.97 Å². The summed E-state index contributed by atoms with van der Waals surface area (Å²) < 4.78 is 7.74. The Kier molecular flexibility index (Phi) is 6.69. The molecule has 1 atom stereocenters. The fourth-order valence-corrected chi connectivity index (χ4v) is 5.29. The molecule has 2 N–H and O–H groups in total. The van der Waals surface area contributed by atoms with Gasteiger partial charge in [-0.3, -0.25) is 34.1 Å². The summed E-state index contributed by atoms with van der Waals surface area (Å²) in [5, 5.41) is 15.9. The van der Waals surface area contributed by atoms with Crippen molar-refractivity contribution in [2.45, 2.75) is 51.4 Å². The van der Waals surface area contributed by atoms with E-state index in [2.05, 4.69) is 15.4 Å². The second-order valence-corrected chi connectivity index (χ2v) is 10.1. The number of benzene rings is 1. The quantitative estimate of drug-likeness (QED) is 0.292. The number of anilines is 1. The summed E-state index contributed by atoms with van der Waals surface area (Å²) in [6.07, 6.45) is 5.10. The Morgan fingerprint density at radius 2 is 1.88 bits per heavy atom. The van der Waals surface area contributed by atoms with E-state index in [1.165, 1.54) is 18.3 Å². The highest BCUT2D eigenvalue weighted by Crippen LogP contribution is 2.30. The normalized spacial score (nSPS) is 18.0. The molecule has 0 saturated carbocycles. The van der Waals surface area contributed by atoms with E-state index in [4.69, 9.17) is 9.84 Å². The lowest BCUT2D eigenvalue weighted by atomic mass is 10.0. The number of hydrogen-bond donors (Lipinski definition) is 2. The van der Waals surface area contributed by atoms with Crippen molar-refractivity contribution in [1.82, 2.24) is 25.0 Å². The van der Waals surface area contributed by atoms with Crippen LogP contribution in [0.2, 0.25) is 0 Å². The highest BCUT2D eigenvalue weighted by molar-refractivity contribution is 6.23. The van der Waals surface area contributed by atoms with E-state index in [0.717, 1.165) is 29.0 Å². The lowest BCUT2D eigenvalue weighted by molar-refractivity contribution is -0.136. The maximum Gasteiger partial charge on any atom is 0.337 e.